The number of para-hydroxylation sites is 1. The van der Waals surface area contributed by atoms with E-state index >= 15 is 0 Å². The molecule has 0 spiro atoms. The molecule has 6 heteroatoms. The van der Waals surface area contributed by atoms with Crippen molar-refractivity contribution in [2.45, 2.75) is 6.61 Å². The Balaban J connectivity index is 1.78. The Bertz CT molecular complexity index is 787. The van der Waals surface area contributed by atoms with Crippen LogP contribution in [-0.2, 0) is 11.4 Å². The molecule has 116 valence electrons. The molecule has 0 aliphatic carbocycles. The molecule has 0 saturated carbocycles. The van der Waals surface area contributed by atoms with Gasteiger partial charge in [0.15, 0.2) is 0 Å². The number of carbonyl (C=O) groups excluding carboxylic acids is 1. The minimum Gasteiger partial charge on any atom is -0.488 e. The highest BCUT2D eigenvalue weighted by atomic mass is 79.9. The number of thiocarbonyl (C=S) groups is 1. The van der Waals surface area contributed by atoms with Crippen LogP contribution in [0.15, 0.2) is 57.9 Å². The quantitative estimate of drug-likeness (QED) is 0.599. The number of carbonyl (C=O) groups is 1. The average molecular weight is 406 g/mol. The van der Waals surface area contributed by atoms with Crippen molar-refractivity contribution in [2.24, 2.45) is 0 Å². The Morgan fingerprint density at radius 1 is 1.17 bits per heavy atom. The number of nitrogens with one attached hydrogen (secondary N) is 1. The summed E-state index contributed by atoms with van der Waals surface area (Å²) in [5, 5.41) is 2.61. The molecule has 1 heterocycles. The van der Waals surface area contributed by atoms with Gasteiger partial charge < -0.3 is 10.1 Å². The lowest BCUT2D eigenvalue weighted by Crippen LogP contribution is -2.17. The van der Waals surface area contributed by atoms with Crippen molar-refractivity contribution in [1.29, 1.82) is 0 Å². The van der Waals surface area contributed by atoms with E-state index in [2.05, 4.69) is 21.2 Å². The first-order chi connectivity index (χ1) is 11.1. The standard InChI is InChI=1S/C17H12BrNO2S2/c18-13-7-5-11(6-8-13)10-21-14-4-2-1-3-12(14)9-15-16(20)19-17(22)23-15/h1-9H,10H2,(H,19,20,22)/b15-9-. The number of benzene rings is 2. The number of hydrogen-bond donors (Lipinski definition) is 1. The van der Waals surface area contributed by atoms with E-state index in [0.29, 0.717) is 15.8 Å². The van der Waals surface area contributed by atoms with E-state index in [1.807, 2.05) is 48.5 Å². The summed E-state index contributed by atoms with van der Waals surface area (Å²) in [5.41, 5.74) is 1.93. The topological polar surface area (TPSA) is 38.3 Å². The second-order valence-electron chi connectivity index (χ2n) is 4.81. The monoisotopic (exact) mass is 405 g/mol. The molecule has 2 aromatic rings. The van der Waals surface area contributed by atoms with Gasteiger partial charge in [0.25, 0.3) is 5.91 Å². The van der Waals surface area contributed by atoms with Crippen molar-refractivity contribution in [3.63, 3.8) is 0 Å². The SMILES string of the molecule is O=C1NC(=S)S/C1=C\c1ccccc1OCc1ccc(Br)cc1. The molecular formula is C17H12BrNO2S2. The molecule has 0 bridgehead atoms. The molecule has 1 fully saturated rings. The van der Waals surface area contributed by atoms with E-state index in [1.165, 1.54) is 11.8 Å². The minimum atomic E-state index is -0.164. The third kappa shape index (κ3) is 4.22. The van der Waals surface area contributed by atoms with Gasteiger partial charge in [0.2, 0.25) is 0 Å². The molecule has 0 unspecified atom stereocenters. The first kappa shape index (κ1) is 16.2. The fourth-order valence-electron chi connectivity index (χ4n) is 2.04. The number of thioether (sulfide) groups is 1. The first-order valence-corrected chi connectivity index (χ1v) is 8.85. The molecule has 1 N–H and O–H groups in total. The molecule has 1 amide bonds. The van der Waals surface area contributed by atoms with E-state index in [9.17, 15) is 4.79 Å². The maximum atomic E-state index is 11.8. The Morgan fingerprint density at radius 3 is 2.61 bits per heavy atom. The zero-order chi connectivity index (χ0) is 16.2. The molecule has 2 aromatic carbocycles. The molecule has 23 heavy (non-hydrogen) atoms. The Kier molecular flexibility index (Phi) is 5.15. The van der Waals surface area contributed by atoms with Gasteiger partial charge in [-0.15, -0.1) is 0 Å². The van der Waals surface area contributed by atoms with Gasteiger partial charge in [0.05, 0.1) is 4.91 Å². The number of amides is 1. The number of hydrogen-bond acceptors (Lipinski definition) is 4. The van der Waals surface area contributed by atoms with E-state index in [-0.39, 0.29) is 5.91 Å². The fourth-order valence-corrected chi connectivity index (χ4v) is 3.33. The summed E-state index contributed by atoms with van der Waals surface area (Å²) in [5.74, 6) is 0.567. The van der Waals surface area contributed by atoms with E-state index in [4.69, 9.17) is 17.0 Å². The lowest BCUT2D eigenvalue weighted by atomic mass is 10.2. The van der Waals surface area contributed by atoms with Crippen LogP contribution in [-0.4, -0.2) is 10.2 Å². The van der Waals surface area contributed by atoms with Crippen molar-refractivity contribution < 1.29 is 9.53 Å². The predicted octanol–water partition coefficient (Wildman–Crippen LogP) is 4.52. The average Bonchev–Trinajstić information content (AvgIpc) is 2.86. The maximum Gasteiger partial charge on any atom is 0.263 e. The molecule has 1 aliphatic rings. The van der Waals surface area contributed by atoms with Crippen LogP contribution in [0, 0.1) is 0 Å². The number of rotatable bonds is 4. The zero-order valence-electron chi connectivity index (χ0n) is 11.9. The third-order valence-electron chi connectivity index (χ3n) is 3.16. The molecule has 0 atom stereocenters. The summed E-state index contributed by atoms with van der Waals surface area (Å²) < 4.78 is 7.42. The highest BCUT2D eigenvalue weighted by Crippen LogP contribution is 2.29. The van der Waals surface area contributed by atoms with Crippen LogP contribution in [0.3, 0.4) is 0 Å². The van der Waals surface area contributed by atoms with Crippen LogP contribution in [0.25, 0.3) is 6.08 Å². The lowest BCUT2D eigenvalue weighted by molar-refractivity contribution is -0.115. The van der Waals surface area contributed by atoms with Crippen molar-refractivity contribution in [1.82, 2.24) is 5.32 Å². The van der Waals surface area contributed by atoms with Crippen LogP contribution in [0.2, 0.25) is 0 Å². The summed E-state index contributed by atoms with van der Waals surface area (Å²) in [6.07, 6.45) is 1.80. The van der Waals surface area contributed by atoms with E-state index < -0.39 is 0 Å². The van der Waals surface area contributed by atoms with Crippen molar-refractivity contribution >= 4 is 56.2 Å². The molecule has 0 radical (unpaired) electrons. The van der Waals surface area contributed by atoms with Gasteiger partial charge in [0, 0.05) is 10.0 Å². The Labute approximate surface area is 152 Å². The molecule has 3 rings (SSSR count). The van der Waals surface area contributed by atoms with E-state index in [1.54, 1.807) is 6.08 Å². The molecule has 0 aromatic heterocycles. The smallest absolute Gasteiger partial charge is 0.263 e. The largest absolute Gasteiger partial charge is 0.488 e. The molecule has 3 nitrogen and oxygen atoms in total. The van der Waals surface area contributed by atoms with Crippen LogP contribution in [0.4, 0.5) is 0 Å². The fraction of sp³-hybridized carbons (Fsp3) is 0.0588. The lowest BCUT2D eigenvalue weighted by Gasteiger charge is -2.09. The second-order valence-corrected chi connectivity index (χ2v) is 7.44. The van der Waals surface area contributed by atoms with Crippen molar-refractivity contribution in [3.8, 4) is 5.75 Å². The zero-order valence-corrected chi connectivity index (χ0v) is 15.1. The van der Waals surface area contributed by atoms with Crippen LogP contribution in [0.1, 0.15) is 11.1 Å². The summed E-state index contributed by atoms with van der Waals surface area (Å²) in [6, 6.07) is 15.6. The molecular weight excluding hydrogens is 394 g/mol. The molecule has 1 aliphatic heterocycles. The normalized spacial score (nSPS) is 15.8. The van der Waals surface area contributed by atoms with Gasteiger partial charge >= 0.3 is 0 Å². The van der Waals surface area contributed by atoms with Crippen molar-refractivity contribution in [2.75, 3.05) is 0 Å². The Hall–Kier alpha value is -1.63. The van der Waals surface area contributed by atoms with E-state index in [0.717, 1.165) is 21.3 Å². The van der Waals surface area contributed by atoms with Gasteiger partial charge in [-0.05, 0) is 29.8 Å². The maximum absolute atomic E-state index is 11.8. The van der Waals surface area contributed by atoms with Crippen LogP contribution < -0.4 is 10.1 Å². The summed E-state index contributed by atoms with van der Waals surface area (Å²) in [7, 11) is 0. The summed E-state index contributed by atoms with van der Waals surface area (Å²) >= 11 is 9.68. The van der Waals surface area contributed by atoms with Crippen LogP contribution in [0.5, 0.6) is 5.75 Å². The predicted molar refractivity (Wildman–Crippen MR) is 101 cm³/mol. The third-order valence-corrected chi connectivity index (χ3v) is 4.85. The van der Waals surface area contributed by atoms with Gasteiger partial charge in [-0.25, -0.2) is 0 Å². The first-order valence-electron chi connectivity index (χ1n) is 6.83. The minimum absolute atomic E-state index is 0.164. The second kappa shape index (κ2) is 7.29. The van der Waals surface area contributed by atoms with Gasteiger partial charge in [-0.3, -0.25) is 4.79 Å². The van der Waals surface area contributed by atoms with Crippen molar-refractivity contribution in [3.05, 3.63) is 69.0 Å². The number of halogens is 1. The summed E-state index contributed by atoms with van der Waals surface area (Å²) in [4.78, 5) is 12.4. The van der Waals surface area contributed by atoms with Crippen LogP contribution >= 0.6 is 39.9 Å². The van der Waals surface area contributed by atoms with Gasteiger partial charge in [-0.1, -0.05) is 70.2 Å². The Morgan fingerprint density at radius 2 is 1.91 bits per heavy atom. The highest BCUT2D eigenvalue weighted by Gasteiger charge is 2.22. The molecule has 1 saturated heterocycles. The van der Waals surface area contributed by atoms with Gasteiger partial charge in [0.1, 0.15) is 16.7 Å². The number of ether oxygens (including phenoxy) is 1. The van der Waals surface area contributed by atoms with Gasteiger partial charge in [-0.2, -0.15) is 0 Å². The highest BCUT2D eigenvalue weighted by molar-refractivity contribution is 9.10. The summed E-state index contributed by atoms with van der Waals surface area (Å²) in [6.45, 7) is 0.464.